The number of aliphatic hydroxyl groups excluding tert-OH is 1. The molecule has 246 valence electrons. The highest BCUT2D eigenvalue weighted by atomic mass is 31.2. The molecule has 0 aromatic rings. The summed E-state index contributed by atoms with van der Waals surface area (Å²) >= 11 is 0. The van der Waals surface area contributed by atoms with E-state index in [1.165, 1.54) is 51.4 Å². The van der Waals surface area contributed by atoms with E-state index < -0.39 is 20.0 Å². The summed E-state index contributed by atoms with van der Waals surface area (Å²) in [5.74, 6) is -0.215. The molecule has 9 heteroatoms. The normalized spacial score (nSPS) is 15.1. The van der Waals surface area contributed by atoms with Gasteiger partial charge in [-0.1, -0.05) is 115 Å². The summed E-state index contributed by atoms with van der Waals surface area (Å²) in [6.07, 6.45) is 32.0. The fraction of sp³-hybridized carbons (Fsp3) is 0.788. The van der Waals surface area contributed by atoms with Gasteiger partial charge in [-0.25, -0.2) is 4.57 Å². The Bertz CT molecular complexity index is 759. The molecular weight excluding hydrogens is 551 g/mol. The third-order valence-electron chi connectivity index (χ3n) is 6.96. The number of hydrogen-bond donors (Lipinski definition) is 4. The van der Waals surface area contributed by atoms with E-state index >= 15 is 0 Å². The summed E-state index contributed by atoms with van der Waals surface area (Å²) in [7, 11) is -4.32. The quantitative estimate of drug-likeness (QED) is 0.0366. The fourth-order valence-corrected chi connectivity index (χ4v) is 5.15. The maximum atomic E-state index is 12.6. The molecule has 0 spiro atoms. The van der Waals surface area contributed by atoms with Gasteiger partial charge in [0, 0.05) is 13.0 Å². The third-order valence-corrected chi connectivity index (χ3v) is 7.94. The minimum absolute atomic E-state index is 0.0747. The van der Waals surface area contributed by atoms with Crippen LogP contribution in [0, 0.1) is 0 Å². The number of rotatable bonds is 30. The van der Waals surface area contributed by atoms with Gasteiger partial charge in [-0.15, -0.1) is 0 Å². The molecule has 5 N–H and O–H groups in total. The maximum absolute atomic E-state index is 12.6. The molecule has 0 aromatic heterocycles. The highest BCUT2D eigenvalue weighted by Gasteiger charge is 2.26. The van der Waals surface area contributed by atoms with Crippen molar-refractivity contribution >= 4 is 13.7 Å². The zero-order valence-corrected chi connectivity index (χ0v) is 27.6. The molecule has 0 heterocycles. The Balaban J connectivity index is 4.32. The predicted molar refractivity (Wildman–Crippen MR) is 175 cm³/mol. The molecule has 1 amide bonds. The highest BCUT2D eigenvalue weighted by molar-refractivity contribution is 7.47. The Morgan fingerprint density at radius 2 is 1.31 bits per heavy atom. The van der Waals surface area contributed by atoms with Crippen molar-refractivity contribution in [1.82, 2.24) is 5.32 Å². The Hall–Kier alpha value is -1.28. The summed E-state index contributed by atoms with van der Waals surface area (Å²) in [6.45, 7) is 4.01. The number of aliphatic hydroxyl groups is 1. The van der Waals surface area contributed by atoms with E-state index in [0.717, 1.165) is 64.2 Å². The Morgan fingerprint density at radius 1 is 0.786 bits per heavy atom. The van der Waals surface area contributed by atoms with Crippen molar-refractivity contribution in [1.29, 1.82) is 0 Å². The largest absolute Gasteiger partial charge is 0.472 e. The Labute approximate surface area is 257 Å². The number of phosphoric ester groups is 1. The lowest BCUT2D eigenvalue weighted by atomic mass is 10.1. The lowest BCUT2D eigenvalue weighted by Crippen LogP contribution is -2.45. The van der Waals surface area contributed by atoms with Crippen LogP contribution in [0.1, 0.15) is 136 Å². The van der Waals surface area contributed by atoms with Crippen molar-refractivity contribution < 1.29 is 28.4 Å². The number of nitrogens with two attached hydrogens (primary N) is 1. The van der Waals surface area contributed by atoms with Gasteiger partial charge in [0.25, 0.3) is 0 Å². The first-order valence-electron chi connectivity index (χ1n) is 16.6. The first-order chi connectivity index (χ1) is 20.4. The molecule has 3 unspecified atom stereocenters. The van der Waals surface area contributed by atoms with Crippen LogP contribution in [-0.2, 0) is 18.4 Å². The van der Waals surface area contributed by atoms with Crippen molar-refractivity contribution in [3.63, 3.8) is 0 Å². The minimum Gasteiger partial charge on any atom is -0.387 e. The summed E-state index contributed by atoms with van der Waals surface area (Å²) in [4.78, 5) is 22.4. The van der Waals surface area contributed by atoms with E-state index in [2.05, 4.69) is 43.5 Å². The molecule has 0 aliphatic rings. The number of nitrogens with one attached hydrogen (secondary N) is 1. The molecule has 0 aliphatic carbocycles. The molecular formula is C33H63N2O6P. The van der Waals surface area contributed by atoms with Crippen molar-refractivity contribution in [2.24, 2.45) is 5.73 Å². The van der Waals surface area contributed by atoms with Crippen LogP contribution >= 0.6 is 7.82 Å². The van der Waals surface area contributed by atoms with Crippen LogP contribution in [0.2, 0.25) is 0 Å². The zero-order chi connectivity index (χ0) is 31.2. The lowest BCUT2D eigenvalue weighted by molar-refractivity contribution is -0.123. The monoisotopic (exact) mass is 614 g/mol. The smallest absolute Gasteiger partial charge is 0.387 e. The van der Waals surface area contributed by atoms with Crippen LogP contribution in [0.5, 0.6) is 0 Å². The summed E-state index contributed by atoms with van der Waals surface area (Å²) in [6, 6.07) is -0.863. The molecule has 0 saturated heterocycles. The molecule has 3 atom stereocenters. The van der Waals surface area contributed by atoms with Crippen molar-refractivity contribution in [2.75, 3.05) is 19.8 Å². The third kappa shape index (κ3) is 27.5. The minimum atomic E-state index is -4.32. The standard InChI is InChI=1S/C33H63N2O6P/c1-3-5-7-9-11-12-13-14-15-16-17-18-19-21-23-25-27-33(37)35-31(30-41-42(38,39)40-29-28-34)32(36)26-24-22-20-10-8-6-4-2/h12-13,15-16,24,26,31-32,36H,3-11,14,17-23,25,27-30,34H2,1-2H3,(H,35,37)(H,38,39)/b13-12-,16-15-,26-24+. The zero-order valence-electron chi connectivity index (χ0n) is 26.7. The number of phosphoric acid groups is 1. The van der Waals surface area contributed by atoms with Crippen molar-refractivity contribution in [3.05, 3.63) is 36.5 Å². The molecule has 0 bridgehead atoms. The number of allylic oxidation sites excluding steroid dienone is 5. The van der Waals surface area contributed by atoms with E-state index in [0.29, 0.717) is 6.42 Å². The van der Waals surface area contributed by atoms with Gasteiger partial charge < -0.3 is 21.1 Å². The van der Waals surface area contributed by atoms with Crippen LogP contribution < -0.4 is 11.1 Å². The van der Waals surface area contributed by atoms with Crippen LogP contribution in [0.4, 0.5) is 0 Å². The van der Waals surface area contributed by atoms with Crippen molar-refractivity contribution in [3.8, 4) is 0 Å². The van der Waals surface area contributed by atoms with Crippen LogP contribution in [0.25, 0.3) is 0 Å². The molecule has 42 heavy (non-hydrogen) atoms. The average molecular weight is 615 g/mol. The van der Waals surface area contributed by atoms with Gasteiger partial charge in [0.05, 0.1) is 25.4 Å². The lowest BCUT2D eigenvalue weighted by Gasteiger charge is -2.23. The van der Waals surface area contributed by atoms with Crippen LogP contribution in [-0.4, -0.2) is 47.8 Å². The van der Waals surface area contributed by atoms with E-state index in [4.69, 9.17) is 14.8 Å². The summed E-state index contributed by atoms with van der Waals surface area (Å²) in [5, 5.41) is 13.4. The summed E-state index contributed by atoms with van der Waals surface area (Å²) < 4.78 is 21.8. The van der Waals surface area contributed by atoms with Crippen LogP contribution in [0.15, 0.2) is 36.5 Å². The molecule has 0 saturated carbocycles. The number of hydrogen-bond acceptors (Lipinski definition) is 6. The molecule has 0 aliphatic heterocycles. The SMILES string of the molecule is CCCCCC/C=C\C/C=C\CCCCCCCC(=O)NC(COP(=O)(O)OCCN)C(O)/C=C/CCCCCCC. The van der Waals surface area contributed by atoms with Gasteiger partial charge in [-0.3, -0.25) is 13.8 Å². The van der Waals surface area contributed by atoms with Crippen LogP contribution in [0.3, 0.4) is 0 Å². The number of carbonyl (C=O) groups excluding carboxylic acids is 1. The topological polar surface area (TPSA) is 131 Å². The van der Waals surface area contributed by atoms with Gasteiger partial charge in [-0.05, 0) is 51.4 Å². The first kappa shape index (κ1) is 40.7. The van der Waals surface area contributed by atoms with Gasteiger partial charge in [0.1, 0.15) is 0 Å². The second-order valence-electron chi connectivity index (χ2n) is 11.0. The van der Waals surface area contributed by atoms with E-state index in [1.54, 1.807) is 6.08 Å². The highest BCUT2D eigenvalue weighted by Crippen LogP contribution is 2.43. The number of unbranched alkanes of at least 4 members (excludes halogenated alkanes) is 14. The average Bonchev–Trinajstić information content (AvgIpc) is 2.97. The van der Waals surface area contributed by atoms with E-state index in [-0.39, 0.29) is 25.7 Å². The van der Waals surface area contributed by atoms with E-state index in [1.807, 2.05) is 6.08 Å². The van der Waals surface area contributed by atoms with E-state index in [9.17, 15) is 19.4 Å². The molecule has 0 fully saturated rings. The molecule has 0 aromatic carbocycles. The van der Waals surface area contributed by atoms with Gasteiger partial charge in [0.15, 0.2) is 0 Å². The van der Waals surface area contributed by atoms with Crippen molar-refractivity contribution in [2.45, 2.75) is 148 Å². The molecule has 8 nitrogen and oxygen atoms in total. The molecule has 0 radical (unpaired) electrons. The second-order valence-corrected chi connectivity index (χ2v) is 12.5. The van der Waals surface area contributed by atoms with Gasteiger partial charge in [0.2, 0.25) is 5.91 Å². The first-order valence-corrected chi connectivity index (χ1v) is 18.1. The number of carbonyl (C=O) groups is 1. The van der Waals surface area contributed by atoms with Gasteiger partial charge in [-0.2, -0.15) is 0 Å². The maximum Gasteiger partial charge on any atom is 0.472 e. The Morgan fingerprint density at radius 3 is 1.90 bits per heavy atom. The Kier molecular flexibility index (Phi) is 28.9. The predicted octanol–water partition coefficient (Wildman–Crippen LogP) is 8.04. The second kappa shape index (κ2) is 29.8. The number of amides is 1. The molecule has 0 rings (SSSR count). The fourth-order valence-electron chi connectivity index (χ4n) is 4.39. The summed E-state index contributed by atoms with van der Waals surface area (Å²) in [5.41, 5.74) is 5.32. The van der Waals surface area contributed by atoms with Gasteiger partial charge >= 0.3 is 7.82 Å².